The topological polar surface area (TPSA) is 89.8 Å². The Bertz CT molecular complexity index is 139. The molecule has 0 saturated carbocycles. The van der Waals surface area contributed by atoms with Crippen LogP contribution in [0.1, 0.15) is 13.3 Å². The normalized spacial score (nSPS) is 15.3. The largest absolute Gasteiger partial charge is 0.394 e. The van der Waals surface area contributed by atoms with Crippen LogP contribution in [0.25, 0.3) is 0 Å². The molecule has 0 rings (SSSR count). The second-order valence-electron chi connectivity index (χ2n) is 2.59. The number of amides is 1. The van der Waals surface area contributed by atoms with Gasteiger partial charge in [0.15, 0.2) is 0 Å². The second kappa shape index (κ2) is 5.93. The molecule has 72 valence electrons. The standard InChI is InChI=1S/C7H15NO4/c1-5(10)8-3-2-6(11)7(12)4-9/h6-7,9,11-12H,2-4H2,1H3,(H,8,10)/t6-,7+/m0/s1. The van der Waals surface area contributed by atoms with Gasteiger partial charge in [-0.05, 0) is 6.42 Å². The highest BCUT2D eigenvalue weighted by Gasteiger charge is 2.14. The van der Waals surface area contributed by atoms with E-state index in [2.05, 4.69) is 5.32 Å². The lowest BCUT2D eigenvalue weighted by atomic mass is 10.1. The Hall–Kier alpha value is -0.650. The summed E-state index contributed by atoms with van der Waals surface area (Å²) in [6, 6.07) is 0. The van der Waals surface area contributed by atoms with Crippen molar-refractivity contribution in [3.63, 3.8) is 0 Å². The third kappa shape index (κ3) is 5.06. The number of nitrogens with one attached hydrogen (secondary N) is 1. The molecule has 0 aromatic heterocycles. The molecule has 4 N–H and O–H groups in total. The number of hydrogen-bond acceptors (Lipinski definition) is 4. The van der Waals surface area contributed by atoms with Gasteiger partial charge < -0.3 is 20.6 Å². The maximum Gasteiger partial charge on any atom is 0.216 e. The lowest BCUT2D eigenvalue weighted by Crippen LogP contribution is -2.33. The van der Waals surface area contributed by atoms with Gasteiger partial charge >= 0.3 is 0 Å². The van der Waals surface area contributed by atoms with Crippen LogP contribution in [0.15, 0.2) is 0 Å². The van der Waals surface area contributed by atoms with Crippen LogP contribution in [0.4, 0.5) is 0 Å². The molecule has 12 heavy (non-hydrogen) atoms. The predicted octanol–water partition coefficient (Wildman–Crippen LogP) is -1.77. The van der Waals surface area contributed by atoms with E-state index < -0.39 is 18.8 Å². The Morgan fingerprint density at radius 3 is 2.42 bits per heavy atom. The third-order valence-corrected chi connectivity index (χ3v) is 1.45. The summed E-state index contributed by atoms with van der Waals surface area (Å²) < 4.78 is 0. The molecule has 0 heterocycles. The summed E-state index contributed by atoms with van der Waals surface area (Å²) in [5.74, 6) is -0.180. The molecular weight excluding hydrogens is 162 g/mol. The van der Waals surface area contributed by atoms with Crippen LogP contribution in [-0.4, -0.2) is 46.6 Å². The molecule has 0 aliphatic rings. The fourth-order valence-corrected chi connectivity index (χ4v) is 0.710. The van der Waals surface area contributed by atoms with Crippen molar-refractivity contribution in [2.45, 2.75) is 25.6 Å². The molecule has 0 bridgehead atoms. The van der Waals surface area contributed by atoms with Crippen LogP contribution in [0, 0.1) is 0 Å². The molecule has 5 nitrogen and oxygen atoms in total. The zero-order chi connectivity index (χ0) is 9.56. The molecule has 0 unspecified atom stereocenters. The zero-order valence-corrected chi connectivity index (χ0v) is 7.03. The lowest BCUT2D eigenvalue weighted by Gasteiger charge is -2.14. The highest BCUT2D eigenvalue weighted by Crippen LogP contribution is 1.96. The van der Waals surface area contributed by atoms with E-state index in [0.29, 0.717) is 6.54 Å². The van der Waals surface area contributed by atoms with Gasteiger partial charge in [0.25, 0.3) is 0 Å². The Labute approximate surface area is 71.0 Å². The van der Waals surface area contributed by atoms with Crippen LogP contribution in [0.5, 0.6) is 0 Å². The van der Waals surface area contributed by atoms with Gasteiger partial charge in [-0.15, -0.1) is 0 Å². The first-order valence-corrected chi connectivity index (χ1v) is 3.79. The van der Waals surface area contributed by atoms with E-state index in [1.807, 2.05) is 0 Å². The average molecular weight is 177 g/mol. The SMILES string of the molecule is CC(=O)NCC[C@H](O)[C@H](O)CO. The summed E-state index contributed by atoms with van der Waals surface area (Å²) >= 11 is 0. The molecular formula is C7H15NO4. The number of aliphatic hydroxyl groups excluding tert-OH is 3. The van der Waals surface area contributed by atoms with Crippen molar-refractivity contribution >= 4 is 5.91 Å². The van der Waals surface area contributed by atoms with Crippen LogP contribution in [0.3, 0.4) is 0 Å². The average Bonchev–Trinajstić information content (AvgIpc) is 2.02. The molecule has 5 heteroatoms. The quantitative estimate of drug-likeness (QED) is 0.400. The Morgan fingerprint density at radius 1 is 1.42 bits per heavy atom. The van der Waals surface area contributed by atoms with Gasteiger partial charge in [-0.1, -0.05) is 0 Å². The van der Waals surface area contributed by atoms with Gasteiger partial charge in [0.05, 0.1) is 12.7 Å². The molecule has 0 spiro atoms. The molecule has 0 fully saturated rings. The molecule has 0 aromatic rings. The first-order chi connectivity index (χ1) is 5.57. The Balaban J connectivity index is 3.43. The van der Waals surface area contributed by atoms with Crippen LogP contribution < -0.4 is 5.32 Å². The van der Waals surface area contributed by atoms with E-state index in [1.165, 1.54) is 6.92 Å². The van der Waals surface area contributed by atoms with Gasteiger partial charge in [0, 0.05) is 13.5 Å². The Kier molecular flexibility index (Phi) is 5.61. The molecule has 2 atom stereocenters. The molecule has 0 aromatic carbocycles. The first-order valence-electron chi connectivity index (χ1n) is 3.79. The number of carbonyl (C=O) groups is 1. The molecule has 0 saturated heterocycles. The van der Waals surface area contributed by atoms with E-state index in [-0.39, 0.29) is 12.3 Å². The lowest BCUT2D eigenvalue weighted by molar-refractivity contribution is -0.119. The summed E-state index contributed by atoms with van der Waals surface area (Å²) in [4.78, 5) is 10.4. The molecule has 0 aliphatic heterocycles. The van der Waals surface area contributed by atoms with E-state index in [1.54, 1.807) is 0 Å². The van der Waals surface area contributed by atoms with E-state index in [0.717, 1.165) is 0 Å². The van der Waals surface area contributed by atoms with E-state index >= 15 is 0 Å². The second-order valence-corrected chi connectivity index (χ2v) is 2.59. The summed E-state index contributed by atoms with van der Waals surface area (Å²) in [6.45, 7) is 1.20. The Morgan fingerprint density at radius 2 is 2.00 bits per heavy atom. The fraction of sp³-hybridized carbons (Fsp3) is 0.857. The van der Waals surface area contributed by atoms with E-state index in [4.69, 9.17) is 15.3 Å². The summed E-state index contributed by atoms with van der Waals surface area (Å²) in [5, 5.41) is 28.8. The first kappa shape index (κ1) is 11.4. The minimum atomic E-state index is -1.13. The van der Waals surface area contributed by atoms with Crippen LogP contribution in [-0.2, 0) is 4.79 Å². The number of aliphatic hydroxyl groups is 3. The maximum atomic E-state index is 10.4. The predicted molar refractivity (Wildman–Crippen MR) is 42.4 cm³/mol. The number of rotatable bonds is 5. The van der Waals surface area contributed by atoms with Crippen molar-refractivity contribution in [1.29, 1.82) is 0 Å². The highest BCUT2D eigenvalue weighted by molar-refractivity contribution is 5.72. The van der Waals surface area contributed by atoms with Gasteiger partial charge in [0.2, 0.25) is 5.91 Å². The molecule has 1 amide bonds. The van der Waals surface area contributed by atoms with Crippen molar-refractivity contribution in [2.24, 2.45) is 0 Å². The monoisotopic (exact) mass is 177 g/mol. The van der Waals surface area contributed by atoms with Gasteiger partial charge in [-0.3, -0.25) is 4.79 Å². The van der Waals surface area contributed by atoms with Crippen molar-refractivity contribution in [1.82, 2.24) is 5.32 Å². The van der Waals surface area contributed by atoms with Crippen LogP contribution in [0.2, 0.25) is 0 Å². The number of hydrogen-bond donors (Lipinski definition) is 4. The summed E-state index contributed by atoms with van der Waals surface area (Å²) in [5.41, 5.74) is 0. The maximum absolute atomic E-state index is 10.4. The van der Waals surface area contributed by atoms with Crippen molar-refractivity contribution in [3.8, 4) is 0 Å². The van der Waals surface area contributed by atoms with Gasteiger partial charge in [-0.25, -0.2) is 0 Å². The molecule has 0 aliphatic carbocycles. The minimum Gasteiger partial charge on any atom is -0.394 e. The van der Waals surface area contributed by atoms with E-state index in [9.17, 15) is 4.79 Å². The smallest absolute Gasteiger partial charge is 0.216 e. The van der Waals surface area contributed by atoms with Crippen molar-refractivity contribution in [2.75, 3.05) is 13.2 Å². The van der Waals surface area contributed by atoms with Crippen molar-refractivity contribution < 1.29 is 20.1 Å². The minimum absolute atomic E-state index is 0.180. The van der Waals surface area contributed by atoms with Crippen LogP contribution >= 0.6 is 0 Å². The zero-order valence-electron chi connectivity index (χ0n) is 7.03. The summed E-state index contributed by atoms with van der Waals surface area (Å²) in [6.07, 6.45) is -1.87. The third-order valence-electron chi connectivity index (χ3n) is 1.45. The van der Waals surface area contributed by atoms with Gasteiger partial charge in [-0.2, -0.15) is 0 Å². The number of carbonyl (C=O) groups excluding carboxylic acids is 1. The van der Waals surface area contributed by atoms with Crippen molar-refractivity contribution in [3.05, 3.63) is 0 Å². The fourth-order valence-electron chi connectivity index (χ4n) is 0.710. The van der Waals surface area contributed by atoms with Gasteiger partial charge in [0.1, 0.15) is 6.10 Å². The highest BCUT2D eigenvalue weighted by atomic mass is 16.4. The molecule has 0 radical (unpaired) electrons. The summed E-state index contributed by atoms with van der Waals surface area (Å²) in [7, 11) is 0.